The minimum absolute atomic E-state index is 0.292. The third-order valence-corrected chi connectivity index (χ3v) is 3.47. The van der Waals surface area contributed by atoms with Crippen molar-refractivity contribution in [3.8, 4) is 0 Å². The zero-order chi connectivity index (χ0) is 14.5. The van der Waals surface area contributed by atoms with E-state index in [4.69, 9.17) is 16.7 Å². The average Bonchev–Trinajstić information content (AvgIpc) is 2.49. The fourth-order valence-corrected chi connectivity index (χ4v) is 2.30. The van der Waals surface area contributed by atoms with E-state index in [1.54, 1.807) is 60.7 Å². The summed E-state index contributed by atoms with van der Waals surface area (Å²) in [5, 5.41) is 7.82. The Bertz CT molecular complexity index is 596. The molecule has 2 aromatic carbocycles. The van der Waals surface area contributed by atoms with E-state index in [1.807, 2.05) is 0 Å². The summed E-state index contributed by atoms with van der Waals surface area (Å²) in [5.74, 6) is -2.40. The van der Waals surface area contributed by atoms with E-state index in [-0.39, 0.29) is 5.78 Å². The van der Waals surface area contributed by atoms with Crippen LogP contribution in [0.3, 0.4) is 0 Å². The van der Waals surface area contributed by atoms with Gasteiger partial charge >= 0.3 is 5.97 Å². The topological polar surface area (TPSA) is 54.4 Å². The van der Waals surface area contributed by atoms with E-state index in [1.165, 1.54) is 0 Å². The molecule has 3 nitrogen and oxygen atoms in total. The third kappa shape index (κ3) is 3.06. The van der Waals surface area contributed by atoms with Crippen molar-refractivity contribution in [2.24, 2.45) is 0 Å². The van der Waals surface area contributed by atoms with Crippen LogP contribution in [-0.4, -0.2) is 22.2 Å². The lowest BCUT2D eigenvalue weighted by atomic mass is 9.88. The lowest BCUT2D eigenvalue weighted by Crippen LogP contribution is -2.29. The molecular formula is C16H13ClO3. The fourth-order valence-electron chi connectivity index (χ4n) is 2.04. The molecule has 0 saturated heterocycles. The van der Waals surface area contributed by atoms with Crippen LogP contribution in [0.1, 0.15) is 21.8 Å². The van der Waals surface area contributed by atoms with Crippen LogP contribution in [0.5, 0.6) is 0 Å². The van der Waals surface area contributed by atoms with Gasteiger partial charge in [0.2, 0.25) is 0 Å². The van der Waals surface area contributed by atoms with Gasteiger partial charge in [-0.15, -0.1) is 11.6 Å². The van der Waals surface area contributed by atoms with Crippen molar-refractivity contribution < 1.29 is 14.7 Å². The van der Waals surface area contributed by atoms with Crippen LogP contribution < -0.4 is 0 Å². The summed E-state index contributed by atoms with van der Waals surface area (Å²) in [6.45, 7) is 0. The molecule has 0 bridgehead atoms. The van der Waals surface area contributed by atoms with Crippen molar-refractivity contribution in [2.75, 3.05) is 0 Å². The normalized spacial score (nSPS) is 13.4. The molecule has 0 heterocycles. The monoisotopic (exact) mass is 288 g/mol. The number of hydrogen-bond acceptors (Lipinski definition) is 2. The zero-order valence-corrected chi connectivity index (χ0v) is 11.3. The second-order valence-corrected chi connectivity index (χ2v) is 4.83. The summed E-state index contributed by atoms with van der Waals surface area (Å²) in [6, 6.07) is 17.3. The highest BCUT2D eigenvalue weighted by Gasteiger charge is 2.33. The average molecular weight is 289 g/mol. The molecule has 0 radical (unpaired) electrons. The van der Waals surface area contributed by atoms with Crippen molar-refractivity contribution >= 4 is 23.4 Å². The number of alkyl halides is 1. The van der Waals surface area contributed by atoms with Gasteiger partial charge in [0.25, 0.3) is 0 Å². The first-order chi connectivity index (χ1) is 9.61. The van der Waals surface area contributed by atoms with Gasteiger partial charge in [0.05, 0.1) is 5.92 Å². The van der Waals surface area contributed by atoms with Crippen LogP contribution in [0.25, 0.3) is 0 Å². The maximum atomic E-state index is 12.5. The molecular weight excluding hydrogens is 276 g/mol. The summed E-state index contributed by atoms with van der Waals surface area (Å²) in [5.41, 5.74) is 1.05. The summed E-state index contributed by atoms with van der Waals surface area (Å²) in [7, 11) is 0. The van der Waals surface area contributed by atoms with Gasteiger partial charge in [0, 0.05) is 5.56 Å². The van der Waals surface area contributed by atoms with Crippen LogP contribution in [0.4, 0.5) is 0 Å². The van der Waals surface area contributed by atoms with Crippen molar-refractivity contribution in [3.63, 3.8) is 0 Å². The van der Waals surface area contributed by atoms with Crippen molar-refractivity contribution in [3.05, 3.63) is 71.8 Å². The number of carbonyl (C=O) groups is 2. The Morgan fingerprint density at radius 2 is 1.40 bits per heavy atom. The molecule has 0 saturated carbocycles. The van der Waals surface area contributed by atoms with Crippen LogP contribution in [0.15, 0.2) is 60.7 Å². The Morgan fingerprint density at radius 3 is 1.90 bits per heavy atom. The Balaban J connectivity index is 2.42. The fraction of sp³-hybridized carbons (Fsp3) is 0.125. The highest BCUT2D eigenvalue weighted by atomic mass is 35.5. The zero-order valence-electron chi connectivity index (χ0n) is 10.6. The van der Waals surface area contributed by atoms with Crippen LogP contribution in [-0.2, 0) is 4.79 Å². The quantitative estimate of drug-likeness (QED) is 0.678. The van der Waals surface area contributed by atoms with E-state index in [0.29, 0.717) is 11.1 Å². The number of halogens is 1. The number of carboxylic acids is 1. The molecule has 102 valence electrons. The SMILES string of the molecule is O=C(O)C(Cl)C(C(=O)c1ccccc1)c1ccccc1. The summed E-state index contributed by atoms with van der Waals surface area (Å²) in [6.07, 6.45) is 0. The van der Waals surface area contributed by atoms with Gasteiger partial charge in [0.1, 0.15) is 5.38 Å². The number of benzene rings is 2. The van der Waals surface area contributed by atoms with Crippen LogP contribution >= 0.6 is 11.6 Å². The highest BCUT2D eigenvalue weighted by Crippen LogP contribution is 2.28. The molecule has 0 aliphatic heterocycles. The predicted molar refractivity (Wildman–Crippen MR) is 77.2 cm³/mol. The minimum Gasteiger partial charge on any atom is -0.480 e. The lowest BCUT2D eigenvalue weighted by molar-refractivity contribution is -0.136. The second kappa shape index (κ2) is 6.35. The van der Waals surface area contributed by atoms with Crippen molar-refractivity contribution in [2.45, 2.75) is 11.3 Å². The lowest BCUT2D eigenvalue weighted by Gasteiger charge is -2.18. The third-order valence-electron chi connectivity index (χ3n) is 3.03. The van der Waals surface area contributed by atoms with Gasteiger partial charge in [-0.1, -0.05) is 60.7 Å². The maximum Gasteiger partial charge on any atom is 0.322 e. The molecule has 0 spiro atoms. The van der Waals surface area contributed by atoms with Gasteiger partial charge in [0.15, 0.2) is 5.78 Å². The summed E-state index contributed by atoms with van der Waals surface area (Å²) >= 11 is 5.94. The first-order valence-corrected chi connectivity index (χ1v) is 6.56. The largest absolute Gasteiger partial charge is 0.480 e. The predicted octanol–water partition coefficient (Wildman–Crippen LogP) is 3.35. The van der Waals surface area contributed by atoms with E-state index < -0.39 is 17.3 Å². The Hall–Kier alpha value is -2.13. The minimum atomic E-state index is -1.30. The number of rotatable bonds is 5. The van der Waals surface area contributed by atoms with E-state index in [0.717, 1.165) is 0 Å². The molecule has 0 fully saturated rings. The highest BCUT2D eigenvalue weighted by molar-refractivity contribution is 6.32. The number of hydrogen-bond donors (Lipinski definition) is 1. The summed E-state index contributed by atoms with van der Waals surface area (Å²) in [4.78, 5) is 23.7. The Labute approximate surface area is 121 Å². The molecule has 0 aliphatic carbocycles. The maximum absolute atomic E-state index is 12.5. The van der Waals surface area contributed by atoms with Gasteiger partial charge in [-0.3, -0.25) is 9.59 Å². The number of ketones is 1. The Morgan fingerprint density at radius 1 is 0.900 bits per heavy atom. The van der Waals surface area contributed by atoms with Crippen LogP contribution in [0.2, 0.25) is 0 Å². The molecule has 2 aromatic rings. The molecule has 0 aromatic heterocycles. The summed E-state index contributed by atoms with van der Waals surface area (Å²) < 4.78 is 0. The first kappa shape index (κ1) is 14.3. The van der Waals surface area contributed by atoms with Gasteiger partial charge < -0.3 is 5.11 Å². The molecule has 2 atom stereocenters. The molecule has 2 rings (SSSR count). The first-order valence-electron chi connectivity index (χ1n) is 6.12. The number of carboxylic acid groups (broad SMARTS) is 1. The molecule has 0 aliphatic rings. The van der Waals surface area contributed by atoms with E-state index in [9.17, 15) is 9.59 Å². The molecule has 4 heteroatoms. The van der Waals surface area contributed by atoms with Gasteiger partial charge in [-0.2, -0.15) is 0 Å². The van der Waals surface area contributed by atoms with Crippen molar-refractivity contribution in [1.82, 2.24) is 0 Å². The standard InChI is InChI=1S/C16H13ClO3/c17-14(16(19)20)13(11-7-3-1-4-8-11)15(18)12-9-5-2-6-10-12/h1-10,13-14H,(H,19,20). The number of aliphatic carboxylic acids is 1. The number of Topliss-reactive ketones (excluding diaryl/α,β-unsaturated/α-hetero) is 1. The molecule has 20 heavy (non-hydrogen) atoms. The van der Waals surface area contributed by atoms with E-state index in [2.05, 4.69) is 0 Å². The second-order valence-electron chi connectivity index (χ2n) is 4.36. The smallest absolute Gasteiger partial charge is 0.322 e. The van der Waals surface area contributed by atoms with E-state index >= 15 is 0 Å². The van der Waals surface area contributed by atoms with Gasteiger partial charge in [-0.05, 0) is 5.56 Å². The van der Waals surface area contributed by atoms with Crippen molar-refractivity contribution in [1.29, 1.82) is 0 Å². The van der Waals surface area contributed by atoms with Gasteiger partial charge in [-0.25, -0.2) is 0 Å². The van der Waals surface area contributed by atoms with Crippen LogP contribution in [0, 0.1) is 0 Å². The Kier molecular flexibility index (Phi) is 4.53. The molecule has 1 N–H and O–H groups in total. The number of carbonyl (C=O) groups excluding carboxylic acids is 1. The molecule has 2 unspecified atom stereocenters. The molecule has 0 amide bonds.